The van der Waals surface area contributed by atoms with Crippen LogP contribution in [0.1, 0.15) is 39.0 Å². The van der Waals surface area contributed by atoms with Crippen molar-refractivity contribution in [1.82, 2.24) is 5.06 Å². The van der Waals surface area contributed by atoms with Crippen LogP contribution in [-0.4, -0.2) is 46.6 Å². The fourth-order valence-corrected chi connectivity index (χ4v) is 1.58. The zero-order chi connectivity index (χ0) is 15.1. The third kappa shape index (κ3) is 4.96. The lowest BCUT2D eigenvalue weighted by atomic mass is 10.3. The van der Waals surface area contributed by atoms with Gasteiger partial charge < -0.3 is 14.7 Å². The SMILES string of the molecule is CC(CC(=O)ON1C(=O)CCC1=O)OC(=O)CCCO. The van der Waals surface area contributed by atoms with Crippen LogP contribution in [0.3, 0.4) is 0 Å². The highest BCUT2D eigenvalue weighted by Gasteiger charge is 2.33. The molecule has 0 aromatic carbocycles. The lowest BCUT2D eigenvalue weighted by Gasteiger charge is -2.15. The normalized spacial score (nSPS) is 16.2. The molecule has 0 radical (unpaired) electrons. The zero-order valence-electron chi connectivity index (χ0n) is 11.2. The van der Waals surface area contributed by atoms with Crippen LogP contribution < -0.4 is 0 Å². The summed E-state index contributed by atoms with van der Waals surface area (Å²) < 4.78 is 4.90. The number of nitrogens with zero attached hydrogens (tertiary/aromatic N) is 1. The standard InChI is InChI=1S/C12H17NO7/c1-8(19-11(17)3-2-6-14)7-12(18)20-13-9(15)4-5-10(13)16/h8,14H,2-7H2,1H3. The van der Waals surface area contributed by atoms with Crippen molar-refractivity contribution in [1.29, 1.82) is 0 Å². The second-order valence-corrected chi connectivity index (χ2v) is 4.38. The first-order valence-corrected chi connectivity index (χ1v) is 6.31. The molecule has 1 saturated heterocycles. The number of imide groups is 1. The van der Waals surface area contributed by atoms with E-state index in [9.17, 15) is 19.2 Å². The van der Waals surface area contributed by atoms with Gasteiger partial charge in [0.2, 0.25) is 0 Å². The largest absolute Gasteiger partial charge is 0.462 e. The first kappa shape index (κ1) is 16.1. The summed E-state index contributed by atoms with van der Waals surface area (Å²) in [5.41, 5.74) is 0. The van der Waals surface area contributed by atoms with Gasteiger partial charge in [0, 0.05) is 25.9 Å². The Morgan fingerprint density at radius 2 is 1.85 bits per heavy atom. The van der Waals surface area contributed by atoms with E-state index < -0.39 is 29.9 Å². The van der Waals surface area contributed by atoms with E-state index in [0.717, 1.165) is 0 Å². The van der Waals surface area contributed by atoms with Gasteiger partial charge in [-0.2, -0.15) is 0 Å². The van der Waals surface area contributed by atoms with Crippen LogP contribution in [0, 0.1) is 0 Å². The molecule has 20 heavy (non-hydrogen) atoms. The minimum atomic E-state index is -0.823. The van der Waals surface area contributed by atoms with E-state index in [1.165, 1.54) is 6.92 Å². The summed E-state index contributed by atoms with van der Waals surface area (Å²) in [5, 5.41) is 9.00. The van der Waals surface area contributed by atoms with Crippen molar-refractivity contribution in [3.63, 3.8) is 0 Å². The topological polar surface area (TPSA) is 110 Å². The van der Waals surface area contributed by atoms with Crippen LogP contribution in [0.25, 0.3) is 0 Å². The van der Waals surface area contributed by atoms with Crippen molar-refractivity contribution in [2.45, 2.75) is 45.1 Å². The maximum Gasteiger partial charge on any atom is 0.336 e. The lowest BCUT2D eigenvalue weighted by Crippen LogP contribution is -2.33. The Hall–Kier alpha value is -1.96. The van der Waals surface area contributed by atoms with Crippen LogP contribution in [-0.2, 0) is 28.8 Å². The zero-order valence-corrected chi connectivity index (χ0v) is 11.2. The fourth-order valence-electron chi connectivity index (χ4n) is 1.58. The molecule has 1 N–H and O–H groups in total. The maximum absolute atomic E-state index is 11.5. The highest BCUT2D eigenvalue weighted by Crippen LogP contribution is 2.13. The summed E-state index contributed by atoms with van der Waals surface area (Å²) in [6.07, 6.45) is -0.606. The van der Waals surface area contributed by atoms with Crippen LogP contribution in [0.15, 0.2) is 0 Å². The number of amides is 2. The number of hydroxylamine groups is 2. The Kier molecular flexibility index (Phi) is 6.10. The van der Waals surface area contributed by atoms with Crippen molar-refractivity contribution in [2.75, 3.05) is 6.61 Å². The molecule has 0 bridgehead atoms. The second kappa shape index (κ2) is 7.59. The Balaban J connectivity index is 2.32. The molecule has 1 aliphatic rings. The van der Waals surface area contributed by atoms with E-state index in [4.69, 9.17) is 9.84 Å². The van der Waals surface area contributed by atoms with Gasteiger partial charge in [-0.25, -0.2) is 4.79 Å². The van der Waals surface area contributed by atoms with E-state index in [-0.39, 0.29) is 38.7 Å². The van der Waals surface area contributed by atoms with Gasteiger partial charge in [0.25, 0.3) is 11.8 Å². The molecule has 0 aromatic heterocycles. The first-order chi connectivity index (χ1) is 9.43. The summed E-state index contributed by atoms with van der Waals surface area (Å²) in [7, 11) is 0. The van der Waals surface area contributed by atoms with E-state index >= 15 is 0 Å². The summed E-state index contributed by atoms with van der Waals surface area (Å²) in [6, 6.07) is 0. The molecule has 1 aliphatic heterocycles. The number of carbonyl (C=O) groups excluding carboxylic acids is 4. The van der Waals surface area contributed by atoms with Crippen LogP contribution in [0.5, 0.6) is 0 Å². The summed E-state index contributed by atoms with van der Waals surface area (Å²) in [4.78, 5) is 49.8. The van der Waals surface area contributed by atoms with Crippen molar-refractivity contribution in [3.8, 4) is 0 Å². The number of aliphatic hydroxyl groups excluding tert-OH is 1. The average molecular weight is 287 g/mol. The number of esters is 1. The number of aliphatic hydroxyl groups is 1. The fraction of sp³-hybridized carbons (Fsp3) is 0.667. The maximum atomic E-state index is 11.5. The number of ether oxygens (including phenoxy) is 1. The number of rotatable bonds is 7. The predicted octanol–water partition coefficient (Wildman–Crippen LogP) is -0.312. The molecule has 0 aromatic rings. The molecular weight excluding hydrogens is 270 g/mol. The van der Waals surface area contributed by atoms with E-state index in [0.29, 0.717) is 5.06 Å². The Bertz CT molecular complexity index is 391. The Morgan fingerprint density at radius 1 is 1.25 bits per heavy atom. The Labute approximate surface area is 115 Å². The van der Waals surface area contributed by atoms with Gasteiger partial charge in [0.05, 0.1) is 6.42 Å². The van der Waals surface area contributed by atoms with Gasteiger partial charge in [-0.1, -0.05) is 0 Å². The highest BCUT2D eigenvalue weighted by molar-refractivity contribution is 6.01. The number of carbonyl (C=O) groups is 4. The minimum Gasteiger partial charge on any atom is -0.462 e. The third-order valence-electron chi connectivity index (χ3n) is 2.52. The van der Waals surface area contributed by atoms with Gasteiger partial charge in [-0.15, -0.1) is 5.06 Å². The molecule has 0 saturated carbocycles. The van der Waals surface area contributed by atoms with Crippen LogP contribution >= 0.6 is 0 Å². The molecule has 8 nitrogen and oxygen atoms in total. The van der Waals surface area contributed by atoms with Gasteiger partial charge in [-0.3, -0.25) is 14.4 Å². The smallest absolute Gasteiger partial charge is 0.336 e. The molecule has 0 spiro atoms. The first-order valence-electron chi connectivity index (χ1n) is 6.31. The second-order valence-electron chi connectivity index (χ2n) is 4.38. The Morgan fingerprint density at radius 3 is 2.40 bits per heavy atom. The number of hydrogen-bond acceptors (Lipinski definition) is 7. The average Bonchev–Trinajstić information content (AvgIpc) is 2.67. The van der Waals surface area contributed by atoms with Gasteiger partial charge >= 0.3 is 11.9 Å². The molecule has 1 fully saturated rings. The molecule has 2 amide bonds. The summed E-state index contributed by atoms with van der Waals surface area (Å²) >= 11 is 0. The van der Waals surface area contributed by atoms with Gasteiger partial charge in [-0.05, 0) is 13.3 Å². The van der Waals surface area contributed by atoms with Crippen molar-refractivity contribution in [3.05, 3.63) is 0 Å². The van der Waals surface area contributed by atoms with Crippen molar-refractivity contribution < 1.29 is 33.9 Å². The van der Waals surface area contributed by atoms with Crippen molar-refractivity contribution >= 4 is 23.8 Å². The molecule has 1 rings (SSSR count). The van der Waals surface area contributed by atoms with E-state index in [1.807, 2.05) is 0 Å². The van der Waals surface area contributed by atoms with Crippen molar-refractivity contribution in [2.24, 2.45) is 0 Å². The highest BCUT2D eigenvalue weighted by atomic mass is 16.7. The van der Waals surface area contributed by atoms with Crippen LogP contribution in [0.4, 0.5) is 0 Å². The van der Waals surface area contributed by atoms with E-state index in [2.05, 4.69) is 4.84 Å². The monoisotopic (exact) mass is 287 g/mol. The quantitative estimate of drug-likeness (QED) is 0.505. The summed E-state index contributed by atoms with van der Waals surface area (Å²) in [5.74, 6) is -2.48. The minimum absolute atomic E-state index is 0.0256. The van der Waals surface area contributed by atoms with Gasteiger partial charge in [0.15, 0.2) is 0 Å². The molecular formula is C12H17NO7. The van der Waals surface area contributed by atoms with Crippen LogP contribution in [0.2, 0.25) is 0 Å². The predicted molar refractivity (Wildman–Crippen MR) is 63.7 cm³/mol. The molecule has 1 unspecified atom stereocenters. The van der Waals surface area contributed by atoms with E-state index in [1.54, 1.807) is 0 Å². The molecule has 1 heterocycles. The third-order valence-corrected chi connectivity index (χ3v) is 2.52. The number of hydrogen-bond donors (Lipinski definition) is 1. The molecule has 112 valence electrons. The lowest BCUT2D eigenvalue weighted by molar-refractivity contribution is -0.199. The summed E-state index contributed by atoms with van der Waals surface area (Å²) in [6.45, 7) is 1.37. The molecule has 1 atom stereocenters. The molecule has 8 heteroatoms. The van der Waals surface area contributed by atoms with Gasteiger partial charge in [0.1, 0.15) is 6.10 Å². The molecule has 0 aliphatic carbocycles.